The first-order valence-electron chi connectivity index (χ1n) is 4.07. The maximum atomic E-state index is 10.7. The van der Waals surface area contributed by atoms with E-state index in [2.05, 4.69) is 5.43 Å². The quantitative estimate of drug-likeness (QED) is 0.435. The Hall–Kier alpha value is -0.425. The minimum absolute atomic E-state index is 0.00231. The molecule has 68 valence electrons. The summed E-state index contributed by atoms with van der Waals surface area (Å²) in [4.78, 5) is 10.7. The van der Waals surface area contributed by atoms with E-state index in [1.54, 1.807) is 0 Å². The average molecular weight is 172 g/mol. The molecule has 1 rings (SSSR count). The van der Waals surface area contributed by atoms with Crippen LogP contribution < -0.4 is 5.43 Å². The Bertz CT molecular complexity index is 159. The molecule has 0 bridgehead atoms. The first kappa shape index (κ1) is 9.66. The van der Waals surface area contributed by atoms with Crippen molar-refractivity contribution >= 4 is 12.8 Å². The van der Waals surface area contributed by atoms with Crippen LogP contribution in [0.2, 0.25) is 0 Å². The van der Waals surface area contributed by atoms with Gasteiger partial charge in [0.25, 0.3) is 0 Å². The monoisotopic (exact) mass is 172 g/mol. The standard InChI is InChI=1S/C6H13BN2O3/c10-6(7(11)12)5-8-9-3-1-2-4-9/h8,11-12H,1-5H2. The van der Waals surface area contributed by atoms with Crippen LogP contribution in [0.5, 0.6) is 0 Å². The zero-order chi connectivity index (χ0) is 8.97. The summed E-state index contributed by atoms with van der Waals surface area (Å²) < 4.78 is 0. The maximum Gasteiger partial charge on any atom is 0.528 e. The predicted octanol–water partition coefficient (Wildman–Crippen LogP) is -1.83. The highest BCUT2D eigenvalue weighted by atomic mass is 16.4. The fraction of sp³-hybridized carbons (Fsp3) is 0.833. The van der Waals surface area contributed by atoms with E-state index in [4.69, 9.17) is 10.0 Å². The van der Waals surface area contributed by atoms with E-state index in [9.17, 15) is 4.79 Å². The third-order valence-corrected chi connectivity index (χ3v) is 1.87. The summed E-state index contributed by atoms with van der Waals surface area (Å²) in [6.45, 7) is 1.85. The lowest BCUT2D eigenvalue weighted by atomic mass is 9.85. The number of carbonyl (C=O) groups is 1. The number of carbonyl (C=O) groups excluding carboxylic acids is 1. The van der Waals surface area contributed by atoms with Crippen molar-refractivity contribution in [2.24, 2.45) is 0 Å². The van der Waals surface area contributed by atoms with Gasteiger partial charge in [-0.2, -0.15) is 0 Å². The second kappa shape index (κ2) is 4.56. The number of nitrogens with zero attached hydrogens (tertiary/aromatic N) is 1. The zero-order valence-electron chi connectivity index (χ0n) is 6.86. The van der Waals surface area contributed by atoms with E-state index in [0.29, 0.717) is 0 Å². The van der Waals surface area contributed by atoms with Crippen molar-refractivity contribution in [2.45, 2.75) is 12.8 Å². The van der Waals surface area contributed by atoms with Gasteiger partial charge in [0.2, 0.25) is 0 Å². The molecule has 0 aliphatic carbocycles. The van der Waals surface area contributed by atoms with Crippen LogP contribution in [0.4, 0.5) is 0 Å². The highest BCUT2D eigenvalue weighted by molar-refractivity contribution is 6.78. The Kier molecular flexibility index (Phi) is 3.67. The van der Waals surface area contributed by atoms with Crippen molar-refractivity contribution in [3.05, 3.63) is 0 Å². The van der Waals surface area contributed by atoms with Gasteiger partial charge >= 0.3 is 7.12 Å². The number of hydrazine groups is 1. The lowest BCUT2D eigenvalue weighted by molar-refractivity contribution is -0.114. The van der Waals surface area contributed by atoms with Gasteiger partial charge in [-0.05, 0) is 12.8 Å². The van der Waals surface area contributed by atoms with Crippen LogP contribution in [0, 0.1) is 0 Å². The third-order valence-electron chi connectivity index (χ3n) is 1.87. The summed E-state index contributed by atoms with van der Waals surface area (Å²) in [7, 11) is -1.85. The number of hydrogen-bond donors (Lipinski definition) is 3. The van der Waals surface area contributed by atoms with E-state index in [0.717, 1.165) is 25.9 Å². The summed E-state index contributed by atoms with van der Waals surface area (Å²) in [6.07, 6.45) is 2.26. The van der Waals surface area contributed by atoms with Crippen LogP contribution in [0.3, 0.4) is 0 Å². The summed E-state index contributed by atoms with van der Waals surface area (Å²) in [5.41, 5.74) is 2.23. The van der Waals surface area contributed by atoms with Gasteiger partial charge in [0, 0.05) is 13.1 Å². The molecule has 0 radical (unpaired) electrons. The molecule has 12 heavy (non-hydrogen) atoms. The Morgan fingerprint density at radius 3 is 2.50 bits per heavy atom. The molecule has 1 aliphatic rings. The SMILES string of the molecule is O=C(CNN1CCCC1)B(O)O. The molecule has 1 aliphatic heterocycles. The predicted molar refractivity (Wildman–Crippen MR) is 44.0 cm³/mol. The summed E-state index contributed by atoms with van der Waals surface area (Å²) in [5, 5.41) is 18.8. The molecule has 0 aromatic heterocycles. The Morgan fingerprint density at radius 1 is 1.42 bits per heavy atom. The molecule has 6 heteroatoms. The molecule has 0 amide bonds. The highest BCUT2D eigenvalue weighted by Crippen LogP contribution is 2.02. The Labute approximate surface area is 71.5 Å². The summed E-state index contributed by atoms with van der Waals surface area (Å²) in [6, 6.07) is 0. The summed E-state index contributed by atoms with van der Waals surface area (Å²) in [5.74, 6) is 0. The lowest BCUT2D eigenvalue weighted by Crippen LogP contribution is -2.43. The lowest BCUT2D eigenvalue weighted by Gasteiger charge is -2.15. The molecule has 0 spiro atoms. The van der Waals surface area contributed by atoms with Gasteiger partial charge in [-0.25, -0.2) is 10.4 Å². The first-order valence-corrected chi connectivity index (χ1v) is 4.07. The van der Waals surface area contributed by atoms with E-state index in [-0.39, 0.29) is 6.54 Å². The molecule has 0 aromatic carbocycles. The van der Waals surface area contributed by atoms with E-state index in [1.807, 2.05) is 5.01 Å². The van der Waals surface area contributed by atoms with Gasteiger partial charge in [-0.3, -0.25) is 0 Å². The molecule has 3 N–H and O–H groups in total. The van der Waals surface area contributed by atoms with Crippen molar-refractivity contribution in [3.8, 4) is 0 Å². The number of hydrogen-bond acceptors (Lipinski definition) is 5. The van der Waals surface area contributed by atoms with Crippen molar-refractivity contribution in [1.82, 2.24) is 10.4 Å². The maximum absolute atomic E-state index is 10.7. The van der Waals surface area contributed by atoms with Gasteiger partial charge in [-0.15, -0.1) is 0 Å². The largest absolute Gasteiger partial charge is 0.528 e. The van der Waals surface area contributed by atoms with Gasteiger partial charge in [-0.1, -0.05) is 0 Å². The molecular formula is C6H13BN2O3. The van der Waals surface area contributed by atoms with E-state index < -0.39 is 12.8 Å². The fourth-order valence-corrected chi connectivity index (χ4v) is 1.16. The van der Waals surface area contributed by atoms with Crippen LogP contribution in [0.15, 0.2) is 0 Å². The normalized spacial score (nSPS) is 18.2. The number of nitrogens with one attached hydrogen (secondary N) is 1. The van der Waals surface area contributed by atoms with E-state index >= 15 is 0 Å². The zero-order valence-corrected chi connectivity index (χ0v) is 6.86. The Balaban J connectivity index is 2.12. The molecule has 0 atom stereocenters. The second-order valence-electron chi connectivity index (χ2n) is 2.87. The molecule has 1 saturated heterocycles. The average Bonchev–Trinajstić information content (AvgIpc) is 2.51. The van der Waals surface area contributed by atoms with Gasteiger partial charge in [0.1, 0.15) is 0 Å². The minimum atomic E-state index is -1.85. The molecule has 0 saturated carbocycles. The molecule has 5 nitrogen and oxygen atoms in total. The summed E-state index contributed by atoms with van der Waals surface area (Å²) >= 11 is 0. The van der Waals surface area contributed by atoms with E-state index in [1.165, 1.54) is 0 Å². The van der Waals surface area contributed by atoms with Gasteiger partial charge in [0.15, 0.2) is 5.68 Å². The second-order valence-corrected chi connectivity index (χ2v) is 2.87. The molecule has 1 fully saturated rings. The minimum Gasteiger partial charge on any atom is -0.421 e. The van der Waals surface area contributed by atoms with Crippen LogP contribution in [0.1, 0.15) is 12.8 Å². The van der Waals surface area contributed by atoms with Crippen molar-refractivity contribution < 1.29 is 14.8 Å². The van der Waals surface area contributed by atoms with Crippen molar-refractivity contribution in [3.63, 3.8) is 0 Å². The van der Waals surface area contributed by atoms with Gasteiger partial charge < -0.3 is 14.8 Å². The van der Waals surface area contributed by atoms with Crippen LogP contribution >= 0.6 is 0 Å². The smallest absolute Gasteiger partial charge is 0.421 e. The fourth-order valence-electron chi connectivity index (χ4n) is 1.16. The number of rotatable bonds is 4. The van der Waals surface area contributed by atoms with Gasteiger partial charge in [0.05, 0.1) is 6.54 Å². The van der Waals surface area contributed by atoms with Crippen LogP contribution in [-0.4, -0.2) is 47.5 Å². The first-order chi connectivity index (χ1) is 5.70. The highest BCUT2D eigenvalue weighted by Gasteiger charge is 2.20. The van der Waals surface area contributed by atoms with Crippen molar-refractivity contribution in [1.29, 1.82) is 0 Å². The van der Waals surface area contributed by atoms with Crippen LogP contribution in [-0.2, 0) is 4.79 Å². The Morgan fingerprint density at radius 2 is 2.00 bits per heavy atom. The molecule has 1 heterocycles. The third kappa shape index (κ3) is 2.90. The van der Waals surface area contributed by atoms with Crippen LogP contribution in [0.25, 0.3) is 0 Å². The molecular weight excluding hydrogens is 159 g/mol. The molecule has 0 aromatic rings. The topological polar surface area (TPSA) is 72.8 Å². The molecule has 0 unspecified atom stereocenters. The van der Waals surface area contributed by atoms with Crippen molar-refractivity contribution in [2.75, 3.05) is 19.6 Å².